The van der Waals surface area contributed by atoms with Crippen molar-refractivity contribution >= 4 is 50.5 Å². The second-order valence-corrected chi connectivity index (χ2v) is 7.09. The molecule has 0 unspecified atom stereocenters. The average Bonchev–Trinajstić information content (AvgIpc) is 2.79. The Labute approximate surface area is 135 Å². The van der Waals surface area contributed by atoms with E-state index < -0.39 is 0 Å². The van der Waals surface area contributed by atoms with E-state index in [2.05, 4.69) is 21.2 Å². The molecule has 0 aliphatic carbocycles. The number of benzene rings is 1. The summed E-state index contributed by atoms with van der Waals surface area (Å²) in [4.78, 5) is 13.3. The highest BCUT2D eigenvalue weighted by molar-refractivity contribution is 9.10. The SMILES string of the molecule is Cc1c(N)cc(Br)cc1C(=O)NCCc1ccc(Cl)s1. The van der Waals surface area contributed by atoms with Gasteiger partial charge < -0.3 is 11.1 Å². The number of anilines is 1. The molecular weight excluding hydrogens is 360 g/mol. The molecule has 3 N–H and O–H groups in total. The van der Waals surface area contributed by atoms with E-state index in [-0.39, 0.29) is 5.91 Å². The van der Waals surface area contributed by atoms with Crippen LogP contribution < -0.4 is 11.1 Å². The monoisotopic (exact) mass is 372 g/mol. The molecule has 2 rings (SSSR count). The Bertz CT molecular complexity index is 642. The summed E-state index contributed by atoms with van der Waals surface area (Å²) in [5.41, 5.74) is 7.86. The van der Waals surface area contributed by atoms with Gasteiger partial charge in [0.15, 0.2) is 0 Å². The van der Waals surface area contributed by atoms with Gasteiger partial charge in [0.25, 0.3) is 5.91 Å². The number of hydrogen-bond donors (Lipinski definition) is 2. The van der Waals surface area contributed by atoms with Crippen molar-refractivity contribution in [1.82, 2.24) is 5.32 Å². The van der Waals surface area contributed by atoms with Gasteiger partial charge in [-0.25, -0.2) is 0 Å². The van der Waals surface area contributed by atoms with Crippen LogP contribution in [0.4, 0.5) is 5.69 Å². The minimum absolute atomic E-state index is 0.113. The van der Waals surface area contributed by atoms with Crippen molar-refractivity contribution in [3.8, 4) is 0 Å². The Balaban J connectivity index is 1.98. The molecule has 0 radical (unpaired) electrons. The van der Waals surface area contributed by atoms with Crippen molar-refractivity contribution in [2.45, 2.75) is 13.3 Å². The van der Waals surface area contributed by atoms with E-state index in [4.69, 9.17) is 17.3 Å². The molecule has 106 valence electrons. The highest BCUT2D eigenvalue weighted by Gasteiger charge is 2.12. The number of hydrogen-bond acceptors (Lipinski definition) is 3. The summed E-state index contributed by atoms with van der Waals surface area (Å²) in [7, 11) is 0. The van der Waals surface area contributed by atoms with Crippen LogP contribution in [0.25, 0.3) is 0 Å². The lowest BCUT2D eigenvalue weighted by atomic mass is 10.1. The van der Waals surface area contributed by atoms with Crippen molar-refractivity contribution in [2.75, 3.05) is 12.3 Å². The molecule has 2 aromatic rings. The van der Waals surface area contributed by atoms with Gasteiger partial charge in [0.1, 0.15) is 0 Å². The lowest BCUT2D eigenvalue weighted by Crippen LogP contribution is -2.26. The molecular formula is C14H14BrClN2OS. The molecule has 1 heterocycles. The molecule has 0 atom stereocenters. The van der Waals surface area contributed by atoms with Crippen LogP contribution in [0.5, 0.6) is 0 Å². The fraction of sp³-hybridized carbons (Fsp3) is 0.214. The quantitative estimate of drug-likeness (QED) is 0.795. The maximum atomic E-state index is 12.2. The van der Waals surface area contributed by atoms with Crippen molar-refractivity contribution in [2.24, 2.45) is 0 Å². The van der Waals surface area contributed by atoms with Crippen LogP contribution in [0, 0.1) is 6.92 Å². The first kappa shape index (κ1) is 15.4. The molecule has 0 saturated heterocycles. The first-order chi connectivity index (χ1) is 9.47. The molecule has 6 heteroatoms. The normalized spacial score (nSPS) is 10.6. The molecule has 3 nitrogen and oxygen atoms in total. The summed E-state index contributed by atoms with van der Waals surface area (Å²) in [5.74, 6) is -0.113. The zero-order valence-electron chi connectivity index (χ0n) is 10.9. The van der Waals surface area contributed by atoms with Crippen molar-refractivity contribution < 1.29 is 4.79 Å². The molecule has 20 heavy (non-hydrogen) atoms. The molecule has 0 bridgehead atoms. The summed E-state index contributed by atoms with van der Waals surface area (Å²) in [6.07, 6.45) is 0.770. The van der Waals surface area contributed by atoms with Gasteiger partial charge in [0.2, 0.25) is 0 Å². The Morgan fingerprint density at radius 2 is 2.20 bits per heavy atom. The van der Waals surface area contributed by atoms with Gasteiger partial charge in [-0.1, -0.05) is 27.5 Å². The summed E-state index contributed by atoms with van der Waals surface area (Å²) in [5, 5.41) is 2.90. The lowest BCUT2D eigenvalue weighted by molar-refractivity contribution is 0.0953. The highest BCUT2D eigenvalue weighted by atomic mass is 79.9. The van der Waals surface area contributed by atoms with Gasteiger partial charge in [0, 0.05) is 27.1 Å². The summed E-state index contributed by atoms with van der Waals surface area (Å²) in [6, 6.07) is 7.41. The van der Waals surface area contributed by atoms with Crippen LogP contribution >= 0.6 is 38.9 Å². The first-order valence-corrected chi connectivity index (χ1v) is 8.04. The van der Waals surface area contributed by atoms with Gasteiger partial charge >= 0.3 is 0 Å². The van der Waals surface area contributed by atoms with Crippen LogP contribution in [0.3, 0.4) is 0 Å². The van der Waals surface area contributed by atoms with Crippen LogP contribution in [0.2, 0.25) is 4.34 Å². The fourth-order valence-electron chi connectivity index (χ4n) is 1.82. The van der Waals surface area contributed by atoms with E-state index in [1.807, 2.05) is 19.1 Å². The third kappa shape index (κ3) is 3.75. The molecule has 1 aromatic carbocycles. The lowest BCUT2D eigenvalue weighted by Gasteiger charge is -2.10. The van der Waals surface area contributed by atoms with Crippen LogP contribution in [-0.4, -0.2) is 12.5 Å². The molecule has 1 aromatic heterocycles. The average molecular weight is 374 g/mol. The predicted molar refractivity (Wildman–Crippen MR) is 88.7 cm³/mol. The maximum Gasteiger partial charge on any atom is 0.251 e. The number of carbonyl (C=O) groups excluding carboxylic acids is 1. The van der Waals surface area contributed by atoms with E-state index >= 15 is 0 Å². The van der Waals surface area contributed by atoms with E-state index in [9.17, 15) is 4.79 Å². The molecule has 0 aliphatic heterocycles. The van der Waals surface area contributed by atoms with Gasteiger partial charge in [-0.05, 0) is 43.2 Å². The molecule has 0 aliphatic rings. The largest absolute Gasteiger partial charge is 0.398 e. The summed E-state index contributed by atoms with van der Waals surface area (Å²) in [6.45, 7) is 2.41. The van der Waals surface area contributed by atoms with Crippen molar-refractivity contribution in [3.05, 3.63) is 49.1 Å². The Morgan fingerprint density at radius 3 is 2.85 bits per heavy atom. The Morgan fingerprint density at radius 1 is 1.45 bits per heavy atom. The van der Waals surface area contributed by atoms with E-state index in [1.54, 1.807) is 12.1 Å². The standard InChI is InChI=1S/C14H14BrClN2OS/c1-8-11(6-9(15)7-12(8)17)14(19)18-5-4-10-2-3-13(16)20-10/h2-3,6-7H,4-5,17H2,1H3,(H,18,19). The van der Waals surface area contributed by atoms with Crippen LogP contribution in [0.1, 0.15) is 20.8 Å². The van der Waals surface area contributed by atoms with Crippen LogP contribution in [-0.2, 0) is 6.42 Å². The number of nitrogens with one attached hydrogen (secondary N) is 1. The topological polar surface area (TPSA) is 55.1 Å². The van der Waals surface area contributed by atoms with Crippen molar-refractivity contribution in [1.29, 1.82) is 0 Å². The molecule has 1 amide bonds. The van der Waals surface area contributed by atoms with Gasteiger partial charge in [0.05, 0.1) is 4.34 Å². The third-order valence-corrected chi connectivity index (χ3v) is 4.69. The van der Waals surface area contributed by atoms with Crippen molar-refractivity contribution in [3.63, 3.8) is 0 Å². The Hall–Kier alpha value is -1.04. The Kier molecular flexibility index (Phi) is 5.07. The maximum absolute atomic E-state index is 12.2. The van der Waals surface area contributed by atoms with Crippen LogP contribution in [0.15, 0.2) is 28.7 Å². The van der Waals surface area contributed by atoms with Gasteiger partial charge in [-0.15, -0.1) is 11.3 Å². The molecule has 0 saturated carbocycles. The number of rotatable bonds is 4. The van der Waals surface area contributed by atoms with Gasteiger partial charge in [-0.2, -0.15) is 0 Å². The number of amides is 1. The predicted octanol–water partition coefficient (Wildman–Crippen LogP) is 4.03. The summed E-state index contributed by atoms with van der Waals surface area (Å²) < 4.78 is 1.57. The number of nitrogen functional groups attached to an aromatic ring is 1. The minimum Gasteiger partial charge on any atom is -0.398 e. The minimum atomic E-state index is -0.113. The van der Waals surface area contributed by atoms with E-state index in [0.29, 0.717) is 17.8 Å². The number of nitrogens with two attached hydrogens (primary N) is 1. The smallest absolute Gasteiger partial charge is 0.251 e. The van der Waals surface area contributed by atoms with Gasteiger partial charge in [-0.3, -0.25) is 4.79 Å². The second-order valence-electron chi connectivity index (χ2n) is 4.38. The third-order valence-electron chi connectivity index (χ3n) is 2.94. The zero-order chi connectivity index (χ0) is 14.7. The zero-order valence-corrected chi connectivity index (χ0v) is 14.0. The number of thiophene rings is 1. The number of halogens is 2. The second kappa shape index (κ2) is 6.61. The highest BCUT2D eigenvalue weighted by Crippen LogP contribution is 2.23. The van der Waals surface area contributed by atoms with E-state index in [1.165, 1.54) is 11.3 Å². The summed E-state index contributed by atoms with van der Waals surface area (Å²) >= 11 is 10.7. The number of carbonyl (C=O) groups is 1. The molecule has 0 fully saturated rings. The van der Waals surface area contributed by atoms with E-state index in [0.717, 1.165) is 25.7 Å². The molecule has 0 spiro atoms. The fourth-order valence-corrected chi connectivity index (χ4v) is 3.38. The first-order valence-electron chi connectivity index (χ1n) is 6.05.